The van der Waals surface area contributed by atoms with Gasteiger partial charge in [0, 0.05) is 13.1 Å². The lowest BCUT2D eigenvalue weighted by molar-refractivity contribution is 0.682. The molecule has 0 spiro atoms. The molecule has 0 fully saturated rings. The van der Waals surface area contributed by atoms with Crippen LogP contribution in [0.2, 0.25) is 0 Å². The minimum Gasteiger partial charge on any atom is -0.365 e. The smallest absolute Gasteiger partial charge is 0.244 e. The van der Waals surface area contributed by atoms with Crippen LogP contribution in [0.4, 0.5) is 11.8 Å². The van der Waals surface area contributed by atoms with Crippen molar-refractivity contribution in [3.63, 3.8) is 0 Å². The highest BCUT2D eigenvalue weighted by Crippen LogP contribution is 2.07. The molecule has 0 bridgehead atoms. The van der Waals surface area contributed by atoms with Gasteiger partial charge in [0.05, 0.1) is 6.20 Å². The summed E-state index contributed by atoms with van der Waals surface area (Å²) < 4.78 is 0. The minimum absolute atomic E-state index is 0.546. The maximum Gasteiger partial charge on any atom is 0.244 e. The van der Waals surface area contributed by atoms with E-state index in [1.54, 1.807) is 6.20 Å². The number of hydrogen-bond acceptors (Lipinski definition) is 5. The summed E-state index contributed by atoms with van der Waals surface area (Å²) in [5.41, 5.74) is 1.21. The van der Waals surface area contributed by atoms with Crippen LogP contribution in [0.15, 0.2) is 36.5 Å². The van der Waals surface area contributed by atoms with Crippen LogP contribution in [0.1, 0.15) is 19.4 Å². The molecule has 2 rings (SSSR count). The molecule has 0 unspecified atom stereocenters. The monoisotopic (exact) mass is 257 g/mol. The highest BCUT2D eigenvalue weighted by molar-refractivity contribution is 5.37. The van der Waals surface area contributed by atoms with Crippen molar-refractivity contribution in [2.75, 3.05) is 17.2 Å². The quantitative estimate of drug-likeness (QED) is 0.832. The van der Waals surface area contributed by atoms with Crippen molar-refractivity contribution >= 4 is 11.8 Å². The minimum atomic E-state index is 0.546. The zero-order valence-corrected chi connectivity index (χ0v) is 11.3. The highest BCUT2D eigenvalue weighted by atomic mass is 15.3. The number of anilines is 2. The number of nitrogens with zero attached hydrogens (tertiary/aromatic N) is 3. The first-order valence-electron chi connectivity index (χ1n) is 6.45. The molecule has 0 amide bonds. The summed E-state index contributed by atoms with van der Waals surface area (Å²) in [6.45, 7) is 5.84. The van der Waals surface area contributed by atoms with Crippen LogP contribution in [-0.4, -0.2) is 21.7 Å². The van der Waals surface area contributed by atoms with Crippen molar-refractivity contribution in [3.05, 3.63) is 42.1 Å². The van der Waals surface area contributed by atoms with Gasteiger partial charge in [0.2, 0.25) is 5.95 Å². The fraction of sp³-hybridized carbons (Fsp3) is 0.357. The number of nitrogens with one attached hydrogen (secondary N) is 2. The van der Waals surface area contributed by atoms with Gasteiger partial charge in [-0.1, -0.05) is 44.2 Å². The number of aromatic nitrogens is 3. The molecule has 0 aliphatic carbocycles. The first-order valence-corrected chi connectivity index (χ1v) is 6.45. The van der Waals surface area contributed by atoms with Gasteiger partial charge < -0.3 is 10.6 Å². The highest BCUT2D eigenvalue weighted by Gasteiger charge is 2.01. The molecule has 0 radical (unpaired) electrons. The van der Waals surface area contributed by atoms with Crippen molar-refractivity contribution in [2.24, 2.45) is 5.92 Å². The standard InChI is InChI=1S/C14H19N5/c1-11(2)8-16-14-18-13(10-17-19-14)15-9-12-6-4-3-5-7-12/h3-7,10-11H,8-9H2,1-2H3,(H2,15,16,18,19). The summed E-state index contributed by atoms with van der Waals surface area (Å²) in [7, 11) is 0. The largest absolute Gasteiger partial charge is 0.365 e. The summed E-state index contributed by atoms with van der Waals surface area (Å²) >= 11 is 0. The predicted molar refractivity (Wildman–Crippen MR) is 76.9 cm³/mol. The molecular formula is C14H19N5. The maximum atomic E-state index is 4.36. The maximum absolute atomic E-state index is 4.36. The second-order valence-corrected chi connectivity index (χ2v) is 4.78. The van der Waals surface area contributed by atoms with E-state index in [0.717, 1.165) is 18.9 Å². The molecule has 2 N–H and O–H groups in total. The molecule has 0 saturated carbocycles. The lowest BCUT2D eigenvalue weighted by Gasteiger charge is -2.09. The second-order valence-electron chi connectivity index (χ2n) is 4.78. The van der Waals surface area contributed by atoms with Crippen LogP contribution < -0.4 is 10.6 Å². The van der Waals surface area contributed by atoms with Gasteiger partial charge >= 0.3 is 0 Å². The van der Waals surface area contributed by atoms with Crippen LogP contribution in [-0.2, 0) is 6.54 Å². The summed E-state index contributed by atoms with van der Waals surface area (Å²) in [6.07, 6.45) is 1.63. The molecule has 1 aromatic carbocycles. The van der Waals surface area contributed by atoms with E-state index in [1.165, 1.54) is 5.56 Å². The zero-order valence-electron chi connectivity index (χ0n) is 11.3. The van der Waals surface area contributed by atoms with Crippen LogP contribution in [0.3, 0.4) is 0 Å². The SMILES string of the molecule is CC(C)CNc1nncc(NCc2ccccc2)n1. The predicted octanol–water partition coefficient (Wildman–Crippen LogP) is 2.55. The van der Waals surface area contributed by atoms with Crippen molar-refractivity contribution in [1.82, 2.24) is 15.2 Å². The average molecular weight is 257 g/mol. The third-order valence-electron chi connectivity index (χ3n) is 2.54. The number of benzene rings is 1. The molecule has 2 aromatic rings. The fourth-order valence-corrected chi connectivity index (χ4v) is 1.55. The first-order chi connectivity index (χ1) is 9.24. The van der Waals surface area contributed by atoms with E-state index >= 15 is 0 Å². The zero-order chi connectivity index (χ0) is 13.5. The first kappa shape index (κ1) is 13.3. The molecule has 5 heteroatoms. The topological polar surface area (TPSA) is 62.7 Å². The molecule has 0 atom stereocenters. The van der Waals surface area contributed by atoms with E-state index in [0.29, 0.717) is 11.9 Å². The Kier molecular flexibility index (Phi) is 4.66. The molecule has 100 valence electrons. The van der Waals surface area contributed by atoms with Crippen LogP contribution in [0.25, 0.3) is 0 Å². The molecule has 1 aromatic heterocycles. The van der Waals surface area contributed by atoms with Crippen LogP contribution in [0, 0.1) is 5.92 Å². The molecule has 0 aliphatic rings. The molecule has 1 heterocycles. The Morgan fingerprint density at radius 2 is 1.89 bits per heavy atom. The van der Waals surface area contributed by atoms with Gasteiger partial charge in [-0.3, -0.25) is 0 Å². The second kappa shape index (κ2) is 6.68. The van der Waals surface area contributed by atoms with Crippen molar-refractivity contribution in [2.45, 2.75) is 20.4 Å². The molecule has 5 nitrogen and oxygen atoms in total. The molecule has 0 aliphatic heterocycles. The van der Waals surface area contributed by atoms with E-state index in [9.17, 15) is 0 Å². The summed E-state index contributed by atoms with van der Waals surface area (Å²) in [6, 6.07) is 10.2. The molecule has 19 heavy (non-hydrogen) atoms. The van der Waals surface area contributed by atoms with Gasteiger partial charge in [0.1, 0.15) is 0 Å². The van der Waals surface area contributed by atoms with Gasteiger partial charge in [-0.2, -0.15) is 10.1 Å². The Balaban J connectivity index is 1.91. The van der Waals surface area contributed by atoms with Crippen LogP contribution >= 0.6 is 0 Å². The summed E-state index contributed by atoms with van der Waals surface area (Å²) in [5.74, 6) is 1.83. The van der Waals surface area contributed by atoms with Gasteiger partial charge in [-0.25, -0.2) is 0 Å². The van der Waals surface area contributed by atoms with E-state index in [2.05, 4.69) is 51.8 Å². The van der Waals surface area contributed by atoms with E-state index in [4.69, 9.17) is 0 Å². The average Bonchev–Trinajstić information content (AvgIpc) is 2.44. The van der Waals surface area contributed by atoms with E-state index in [1.807, 2.05) is 18.2 Å². The molecular weight excluding hydrogens is 238 g/mol. The van der Waals surface area contributed by atoms with Crippen molar-refractivity contribution in [3.8, 4) is 0 Å². The lowest BCUT2D eigenvalue weighted by atomic mass is 10.2. The number of hydrogen-bond donors (Lipinski definition) is 2. The van der Waals surface area contributed by atoms with E-state index in [-0.39, 0.29) is 0 Å². The van der Waals surface area contributed by atoms with Gasteiger partial charge in [0.15, 0.2) is 5.82 Å². The molecule has 0 saturated heterocycles. The Morgan fingerprint density at radius 1 is 1.11 bits per heavy atom. The Morgan fingerprint density at radius 3 is 2.63 bits per heavy atom. The summed E-state index contributed by atoms with van der Waals surface area (Å²) in [4.78, 5) is 4.36. The lowest BCUT2D eigenvalue weighted by Crippen LogP contribution is -2.12. The third kappa shape index (κ3) is 4.54. The Labute approximate surface area is 113 Å². The Bertz CT molecular complexity index is 498. The van der Waals surface area contributed by atoms with Gasteiger partial charge in [-0.05, 0) is 11.5 Å². The summed E-state index contributed by atoms with van der Waals surface area (Å²) in [5, 5.41) is 14.3. The van der Waals surface area contributed by atoms with Gasteiger partial charge in [-0.15, -0.1) is 5.10 Å². The normalized spacial score (nSPS) is 10.5. The number of rotatable bonds is 6. The fourth-order valence-electron chi connectivity index (χ4n) is 1.55. The Hall–Kier alpha value is -2.17. The van der Waals surface area contributed by atoms with Crippen molar-refractivity contribution < 1.29 is 0 Å². The van der Waals surface area contributed by atoms with Crippen LogP contribution in [0.5, 0.6) is 0 Å². The van der Waals surface area contributed by atoms with E-state index < -0.39 is 0 Å². The van der Waals surface area contributed by atoms with Gasteiger partial charge in [0.25, 0.3) is 0 Å². The third-order valence-corrected chi connectivity index (χ3v) is 2.54. The van der Waals surface area contributed by atoms with Crippen molar-refractivity contribution in [1.29, 1.82) is 0 Å².